The van der Waals surface area contributed by atoms with Crippen LogP contribution in [0.5, 0.6) is 0 Å². The van der Waals surface area contributed by atoms with Gasteiger partial charge < -0.3 is 5.32 Å². The van der Waals surface area contributed by atoms with E-state index in [4.69, 9.17) is 5.26 Å². The molecular formula is C12H10N4O3S2. The Balaban J connectivity index is 2.23. The number of carbonyl (C=O) groups is 1. The van der Waals surface area contributed by atoms with Crippen LogP contribution in [0.4, 0.5) is 0 Å². The molecule has 1 saturated heterocycles. The Morgan fingerprint density at radius 1 is 1.48 bits per heavy atom. The van der Waals surface area contributed by atoms with E-state index in [2.05, 4.69) is 15.5 Å². The van der Waals surface area contributed by atoms with E-state index >= 15 is 0 Å². The third-order valence-electron chi connectivity index (χ3n) is 2.47. The van der Waals surface area contributed by atoms with Crippen LogP contribution in [0.2, 0.25) is 0 Å². The SMILES string of the molecule is CS(=O)(=O)c1ccc(C=NN=C2NC(=O)CS2)cc1C#N. The van der Waals surface area contributed by atoms with Gasteiger partial charge in [-0.3, -0.25) is 4.79 Å². The molecule has 1 aromatic rings. The number of amidine groups is 1. The van der Waals surface area contributed by atoms with Gasteiger partial charge in [0, 0.05) is 6.26 Å². The van der Waals surface area contributed by atoms with Crippen molar-refractivity contribution in [3.05, 3.63) is 29.3 Å². The minimum atomic E-state index is -3.45. The zero-order chi connectivity index (χ0) is 15.5. The zero-order valence-electron chi connectivity index (χ0n) is 10.9. The summed E-state index contributed by atoms with van der Waals surface area (Å²) in [6.45, 7) is 0. The molecule has 0 radical (unpaired) electrons. The zero-order valence-corrected chi connectivity index (χ0v) is 12.5. The Hall–Kier alpha value is -2.18. The predicted octanol–water partition coefficient (Wildman–Crippen LogP) is 0.515. The average Bonchev–Trinajstić information content (AvgIpc) is 2.83. The predicted molar refractivity (Wildman–Crippen MR) is 79.9 cm³/mol. The third-order valence-corrected chi connectivity index (χ3v) is 4.48. The topological polar surface area (TPSA) is 112 Å². The molecule has 1 N–H and O–H groups in total. The molecule has 7 nitrogen and oxygen atoms in total. The lowest BCUT2D eigenvalue weighted by Gasteiger charge is -2.01. The van der Waals surface area contributed by atoms with E-state index in [-0.39, 0.29) is 16.4 Å². The maximum atomic E-state index is 11.5. The van der Waals surface area contributed by atoms with Crippen molar-refractivity contribution in [1.29, 1.82) is 5.26 Å². The first-order chi connectivity index (χ1) is 9.90. The summed E-state index contributed by atoms with van der Waals surface area (Å²) in [5.74, 6) is 0.189. The second-order valence-corrected chi connectivity index (χ2v) is 7.07. The molecule has 0 bridgehead atoms. The molecule has 0 aliphatic carbocycles. The van der Waals surface area contributed by atoms with Crippen molar-refractivity contribution >= 4 is 38.9 Å². The van der Waals surface area contributed by atoms with E-state index in [0.717, 1.165) is 6.26 Å². The van der Waals surface area contributed by atoms with Gasteiger partial charge in [-0.15, -0.1) is 5.10 Å². The van der Waals surface area contributed by atoms with Crippen LogP contribution in [0.25, 0.3) is 0 Å². The molecule has 1 heterocycles. The summed E-state index contributed by atoms with van der Waals surface area (Å²) in [4.78, 5) is 10.9. The average molecular weight is 322 g/mol. The number of hydrogen-bond acceptors (Lipinski definition) is 7. The summed E-state index contributed by atoms with van der Waals surface area (Å²) < 4.78 is 23.0. The fourth-order valence-corrected chi connectivity index (χ4v) is 3.02. The highest BCUT2D eigenvalue weighted by Gasteiger charge is 2.16. The third kappa shape index (κ3) is 3.90. The molecule has 1 aromatic carbocycles. The van der Waals surface area contributed by atoms with Crippen LogP contribution in [0.1, 0.15) is 11.1 Å². The first-order valence-corrected chi connectivity index (χ1v) is 8.56. The van der Waals surface area contributed by atoms with Crippen molar-refractivity contribution < 1.29 is 13.2 Å². The lowest BCUT2D eigenvalue weighted by Crippen LogP contribution is -2.19. The van der Waals surface area contributed by atoms with Crippen molar-refractivity contribution in [3.63, 3.8) is 0 Å². The number of rotatable bonds is 3. The lowest BCUT2D eigenvalue weighted by atomic mass is 10.1. The summed E-state index contributed by atoms with van der Waals surface area (Å²) in [5, 5.41) is 19.5. The number of sulfone groups is 1. The van der Waals surface area contributed by atoms with E-state index in [1.165, 1.54) is 36.2 Å². The second kappa shape index (κ2) is 6.07. The quantitative estimate of drug-likeness (QED) is 0.644. The standard InChI is InChI=1S/C12H10N4O3S2/c1-21(18,19)10-3-2-8(4-9(10)5-13)6-14-16-12-15-11(17)7-20-12/h2-4,6H,7H2,1H3,(H,15,16,17). The molecule has 0 spiro atoms. The molecule has 0 aromatic heterocycles. The summed E-state index contributed by atoms with van der Waals surface area (Å²) in [7, 11) is -3.45. The molecular weight excluding hydrogens is 312 g/mol. The number of amides is 1. The number of benzene rings is 1. The molecule has 2 rings (SSSR count). The van der Waals surface area contributed by atoms with Gasteiger partial charge in [0.15, 0.2) is 15.0 Å². The van der Waals surface area contributed by atoms with E-state index in [1.807, 2.05) is 6.07 Å². The van der Waals surface area contributed by atoms with Crippen LogP contribution in [-0.4, -0.2) is 37.7 Å². The lowest BCUT2D eigenvalue weighted by molar-refractivity contribution is -0.116. The Bertz CT molecular complexity index is 791. The number of nitrogens with one attached hydrogen (secondary N) is 1. The number of hydrogen-bond donors (Lipinski definition) is 1. The highest BCUT2D eigenvalue weighted by atomic mass is 32.2. The molecule has 108 valence electrons. The normalized spacial score (nSPS) is 17.1. The number of thioether (sulfide) groups is 1. The maximum absolute atomic E-state index is 11.5. The van der Waals surface area contributed by atoms with E-state index in [0.29, 0.717) is 16.5 Å². The largest absolute Gasteiger partial charge is 0.303 e. The molecule has 1 aliphatic rings. The van der Waals surface area contributed by atoms with Gasteiger partial charge in [-0.2, -0.15) is 10.4 Å². The summed E-state index contributed by atoms with van der Waals surface area (Å²) in [5.41, 5.74) is 0.593. The Kier molecular flexibility index (Phi) is 4.40. The van der Waals surface area contributed by atoms with Crippen molar-refractivity contribution in [1.82, 2.24) is 5.32 Å². The van der Waals surface area contributed by atoms with Crippen molar-refractivity contribution in [2.24, 2.45) is 10.2 Å². The van der Waals surface area contributed by atoms with Gasteiger partial charge in [-0.25, -0.2) is 8.42 Å². The second-order valence-electron chi connectivity index (χ2n) is 4.13. The summed E-state index contributed by atoms with van der Waals surface area (Å²) >= 11 is 1.24. The van der Waals surface area contributed by atoms with Gasteiger partial charge in [0.05, 0.1) is 22.4 Å². The van der Waals surface area contributed by atoms with Gasteiger partial charge >= 0.3 is 0 Å². The van der Waals surface area contributed by atoms with Crippen molar-refractivity contribution in [3.8, 4) is 6.07 Å². The number of nitrogens with zero attached hydrogens (tertiary/aromatic N) is 3. The van der Waals surface area contributed by atoms with Gasteiger partial charge in [0.2, 0.25) is 5.91 Å². The van der Waals surface area contributed by atoms with Gasteiger partial charge in [0.1, 0.15) is 6.07 Å². The Labute approximate surface area is 125 Å². The molecule has 9 heteroatoms. The first-order valence-electron chi connectivity index (χ1n) is 5.68. The highest BCUT2D eigenvalue weighted by molar-refractivity contribution is 8.15. The van der Waals surface area contributed by atoms with Crippen LogP contribution in [0.15, 0.2) is 33.3 Å². The van der Waals surface area contributed by atoms with Gasteiger partial charge in [-0.1, -0.05) is 17.8 Å². The highest BCUT2D eigenvalue weighted by Crippen LogP contribution is 2.16. The van der Waals surface area contributed by atoms with Crippen LogP contribution in [0.3, 0.4) is 0 Å². The van der Waals surface area contributed by atoms with Crippen LogP contribution in [-0.2, 0) is 14.6 Å². The first kappa shape index (κ1) is 15.2. The molecule has 1 amide bonds. The van der Waals surface area contributed by atoms with Crippen molar-refractivity contribution in [2.45, 2.75) is 4.90 Å². The monoisotopic (exact) mass is 322 g/mol. The smallest absolute Gasteiger partial charge is 0.236 e. The molecule has 0 atom stereocenters. The minimum absolute atomic E-state index is 0.0212. The van der Waals surface area contributed by atoms with Gasteiger partial charge in [0.25, 0.3) is 0 Å². The fraction of sp³-hybridized carbons (Fsp3) is 0.167. The van der Waals surface area contributed by atoms with Crippen molar-refractivity contribution in [2.75, 3.05) is 12.0 Å². The number of nitriles is 1. The summed E-state index contributed by atoms with van der Waals surface area (Å²) in [6.07, 6.45) is 2.42. The molecule has 1 aliphatic heterocycles. The van der Waals surface area contributed by atoms with E-state index < -0.39 is 9.84 Å². The fourth-order valence-electron chi connectivity index (χ4n) is 1.57. The van der Waals surface area contributed by atoms with E-state index in [9.17, 15) is 13.2 Å². The van der Waals surface area contributed by atoms with Crippen LogP contribution in [0, 0.1) is 11.3 Å². The van der Waals surface area contributed by atoms with Gasteiger partial charge in [-0.05, 0) is 17.7 Å². The van der Waals surface area contributed by atoms with Crippen LogP contribution < -0.4 is 5.32 Å². The minimum Gasteiger partial charge on any atom is -0.303 e. The Morgan fingerprint density at radius 3 is 2.81 bits per heavy atom. The van der Waals surface area contributed by atoms with E-state index in [1.54, 1.807) is 0 Å². The molecule has 1 fully saturated rings. The summed E-state index contributed by atoms with van der Waals surface area (Å²) in [6, 6.07) is 6.14. The molecule has 0 unspecified atom stereocenters. The molecule has 0 saturated carbocycles. The maximum Gasteiger partial charge on any atom is 0.236 e. The molecule has 21 heavy (non-hydrogen) atoms. The number of carbonyl (C=O) groups excluding carboxylic acids is 1. The van der Waals surface area contributed by atoms with Crippen LogP contribution >= 0.6 is 11.8 Å². The Morgan fingerprint density at radius 2 is 2.24 bits per heavy atom.